The summed E-state index contributed by atoms with van der Waals surface area (Å²) in [6, 6.07) is 0.365. The number of aryl methyl sites for hydroxylation is 1. The fourth-order valence-electron chi connectivity index (χ4n) is 2.63. The van der Waals surface area contributed by atoms with Crippen LogP contribution in [0.1, 0.15) is 31.5 Å². The molecule has 0 atom stereocenters. The zero-order valence-electron chi connectivity index (χ0n) is 12.8. The first-order chi connectivity index (χ1) is 10.2. The van der Waals surface area contributed by atoms with Crippen LogP contribution in [0.25, 0.3) is 0 Å². The van der Waals surface area contributed by atoms with Gasteiger partial charge in [0.1, 0.15) is 0 Å². The number of nitrogens with one attached hydrogen (secondary N) is 1. The Balaban J connectivity index is 1.98. The van der Waals surface area contributed by atoms with E-state index in [0.29, 0.717) is 19.2 Å². The molecule has 1 saturated heterocycles. The van der Waals surface area contributed by atoms with Crippen LogP contribution in [0.4, 0.5) is 10.7 Å². The van der Waals surface area contributed by atoms with Crippen molar-refractivity contribution in [2.75, 3.05) is 31.6 Å². The Labute approximate surface area is 125 Å². The number of nitrogens with zero attached hydrogens (tertiary/aromatic N) is 3. The Morgan fingerprint density at radius 2 is 2.29 bits per heavy atom. The molecule has 0 spiro atoms. The molecule has 21 heavy (non-hydrogen) atoms. The highest BCUT2D eigenvalue weighted by Crippen LogP contribution is 2.26. The Bertz CT molecular complexity index is 490. The maximum atomic E-state index is 11.7. The molecule has 6 heteroatoms. The van der Waals surface area contributed by atoms with E-state index < -0.39 is 0 Å². The third-order valence-corrected chi connectivity index (χ3v) is 3.64. The smallest absolute Gasteiger partial charge is 0.409 e. The highest BCUT2D eigenvalue weighted by Gasteiger charge is 2.25. The van der Waals surface area contributed by atoms with Crippen LogP contribution in [0.2, 0.25) is 0 Å². The second-order valence-corrected chi connectivity index (χ2v) is 5.20. The molecule has 1 fully saturated rings. The number of amides is 1. The molecule has 0 unspecified atom stereocenters. The molecule has 1 aromatic heterocycles. The lowest BCUT2D eigenvalue weighted by Crippen LogP contribution is -2.39. The lowest BCUT2D eigenvalue weighted by Gasteiger charge is -2.32. The maximum absolute atomic E-state index is 11.7. The summed E-state index contributed by atoms with van der Waals surface area (Å²) in [5.74, 6) is 0.877. The van der Waals surface area contributed by atoms with Crippen molar-refractivity contribution in [2.45, 2.75) is 32.7 Å². The van der Waals surface area contributed by atoms with Gasteiger partial charge in [0.05, 0.1) is 12.3 Å². The summed E-state index contributed by atoms with van der Waals surface area (Å²) < 4.78 is 7.23. The zero-order valence-corrected chi connectivity index (χ0v) is 12.8. The van der Waals surface area contributed by atoms with Gasteiger partial charge in [-0.2, -0.15) is 0 Å². The van der Waals surface area contributed by atoms with Gasteiger partial charge in [0, 0.05) is 31.9 Å². The third-order valence-electron chi connectivity index (χ3n) is 3.64. The van der Waals surface area contributed by atoms with Crippen LogP contribution in [0.15, 0.2) is 18.9 Å². The Kier molecular flexibility index (Phi) is 5.25. The van der Waals surface area contributed by atoms with E-state index in [2.05, 4.69) is 27.6 Å². The molecule has 116 valence electrons. The molecule has 6 nitrogen and oxygen atoms in total. The molecule has 0 bridgehead atoms. The van der Waals surface area contributed by atoms with Gasteiger partial charge >= 0.3 is 6.09 Å². The van der Waals surface area contributed by atoms with Crippen molar-refractivity contribution in [3.8, 4) is 0 Å². The SMILES string of the molecule is C=CCNc1nc(C)cn1C1CCN(C(=O)OCC)CC1. The normalized spacial score (nSPS) is 15.8. The van der Waals surface area contributed by atoms with Crippen LogP contribution < -0.4 is 5.32 Å². The summed E-state index contributed by atoms with van der Waals surface area (Å²) in [4.78, 5) is 18.0. The average molecular weight is 292 g/mol. The van der Waals surface area contributed by atoms with Crippen LogP contribution in [0.3, 0.4) is 0 Å². The predicted molar refractivity (Wildman–Crippen MR) is 82.5 cm³/mol. The number of aromatic nitrogens is 2. The van der Waals surface area contributed by atoms with Crippen molar-refractivity contribution in [1.82, 2.24) is 14.5 Å². The molecule has 0 aliphatic carbocycles. The predicted octanol–water partition coefficient (Wildman–Crippen LogP) is 2.58. The molecule has 1 aromatic rings. The lowest BCUT2D eigenvalue weighted by atomic mass is 10.1. The lowest BCUT2D eigenvalue weighted by molar-refractivity contribution is 0.0928. The number of rotatable bonds is 5. The van der Waals surface area contributed by atoms with E-state index in [1.165, 1.54) is 0 Å². The molecular weight excluding hydrogens is 268 g/mol. The van der Waals surface area contributed by atoms with Crippen LogP contribution in [-0.4, -0.2) is 46.8 Å². The molecule has 0 radical (unpaired) electrons. The van der Waals surface area contributed by atoms with Crippen LogP contribution in [-0.2, 0) is 4.74 Å². The van der Waals surface area contributed by atoms with Gasteiger partial charge in [-0.3, -0.25) is 0 Å². The summed E-state index contributed by atoms with van der Waals surface area (Å²) in [6.45, 7) is 10.1. The van der Waals surface area contributed by atoms with E-state index in [4.69, 9.17) is 4.74 Å². The highest BCUT2D eigenvalue weighted by atomic mass is 16.6. The van der Waals surface area contributed by atoms with Crippen LogP contribution in [0, 0.1) is 6.92 Å². The van der Waals surface area contributed by atoms with Gasteiger partial charge in [0.15, 0.2) is 0 Å². The zero-order chi connectivity index (χ0) is 15.2. The largest absolute Gasteiger partial charge is 0.450 e. The quantitative estimate of drug-likeness (QED) is 0.847. The molecule has 1 amide bonds. The minimum absolute atomic E-state index is 0.206. The third kappa shape index (κ3) is 3.77. The molecule has 1 N–H and O–H groups in total. The number of anilines is 1. The van der Waals surface area contributed by atoms with E-state index >= 15 is 0 Å². The van der Waals surface area contributed by atoms with E-state index in [9.17, 15) is 4.79 Å². The van der Waals surface area contributed by atoms with E-state index in [0.717, 1.165) is 37.6 Å². The van der Waals surface area contributed by atoms with E-state index in [1.807, 2.05) is 19.9 Å². The van der Waals surface area contributed by atoms with Crippen LogP contribution >= 0.6 is 0 Å². The summed E-state index contributed by atoms with van der Waals surface area (Å²) >= 11 is 0. The first-order valence-electron chi connectivity index (χ1n) is 7.47. The number of hydrogen-bond acceptors (Lipinski definition) is 4. The second kappa shape index (κ2) is 7.15. The van der Waals surface area contributed by atoms with Crippen molar-refractivity contribution in [1.29, 1.82) is 0 Å². The number of carbonyl (C=O) groups excluding carboxylic acids is 1. The number of likely N-dealkylation sites (tertiary alicyclic amines) is 1. The minimum Gasteiger partial charge on any atom is -0.450 e. The van der Waals surface area contributed by atoms with Crippen molar-refractivity contribution in [2.24, 2.45) is 0 Å². The van der Waals surface area contributed by atoms with Gasteiger partial charge in [0.2, 0.25) is 5.95 Å². The topological polar surface area (TPSA) is 59.4 Å². The molecule has 2 heterocycles. The molecule has 1 aliphatic rings. The minimum atomic E-state index is -0.206. The van der Waals surface area contributed by atoms with Gasteiger partial charge in [-0.05, 0) is 26.7 Å². The summed E-state index contributed by atoms with van der Waals surface area (Å²) in [6.07, 6.45) is 5.51. The first-order valence-corrected chi connectivity index (χ1v) is 7.47. The Morgan fingerprint density at radius 3 is 2.90 bits per heavy atom. The number of imidazole rings is 1. The van der Waals surface area contributed by atoms with Gasteiger partial charge in [-0.1, -0.05) is 6.08 Å². The fourth-order valence-corrected chi connectivity index (χ4v) is 2.63. The fraction of sp³-hybridized carbons (Fsp3) is 0.600. The first kappa shape index (κ1) is 15.4. The van der Waals surface area contributed by atoms with Crippen LogP contribution in [0.5, 0.6) is 0 Å². The molecular formula is C15H24N4O2. The molecule has 0 saturated carbocycles. The molecule has 0 aromatic carbocycles. The maximum Gasteiger partial charge on any atom is 0.409 e. The van der Waals surface area contributed by atoms with Gasteiger partial charge in [0.25, 0.3) is 0 Å². The average Bonchev–Trinajstić information content (AvgIpc) is 2.86. The van der Waals surface area contributed by atoms with E-state index in [1.54, 1.807) is 4.90 Å². The van der Waals surface area contributed by atoms with Crippen molar-refractivity contribution in [3.05, 3.63) is 24.5 Å². The van der Waals surface area contributed by atoms with Gasteiger partial charge in [-0.15, -0.1) is 6.58 Å². The molecule has 2 rings (SSSR count). The standard InChI is InChI=1S/C15H24N4O2/c1-4-8-16-14-17-12(3)11-19(14)13-6-9-18(10-7-13)15(20)21-5-2/h4,11,13H,1,5-10H2,2-3H3,(H,16,17). The molecule has 1 aliphatic heterocycles. The summed E-state index contributed by atoms with van der Waals surface area (Å²) in [5, 5.41) is 3.26. The second-order valence-electron chi connectivity index (χ2n) is 5.20. The van der Waals surface area contributed by atoms with Gasteiger partial charge in [-0.25, -0.2) is 9.78 Å². The summed E-state index contributed by atoms with van der Waals surface area (Å²) in [5.41, 5.74) is 0.995. The number of hydrogen-bond donors (Lipinski definition) is 1. The van der Waals surface area contributed by atoms with Gasteiger partial charge < -0.3 is 19.5 Å². The number of carbonyl (C=O) groups is 1. The van der Waals surface area contributed by atoms with Crippen molar-refractivity contribution in [3.63, 3.8) is 0 Å². The Hall–Kier alpha value is -1.98. The summed E-state index contributed by atoms with van der Waals surface area (Å²) in [7, 11) is 0. The van der Waals surface area contributed by atoms with Crippen molar-refractivity contribution >= 4 is 12.0 Å². The highest BCUT2D eigenvalue weighted by molar-refractivity contribution is 5.67. The number of piperidine rings is 1. The number of ether oxygens (including phenoxy) is 1. The van der Waals surface area contributed by atoms with Crippen molar-refractivity contribution < 1.29 is 9.53 Å². The monoisotopic (exact) mass is 292 g/mol. The van der Waals surface area contributed by atoms with E-state index in [-0.39, 0.29) is 6.09 Å². The Morgan fingerprint density at radius 1 is 1.57 bits per heavy atom.